The Morgan fingerprint density at radius 3 is 2.19 bits per heavy atom. The molecule has 0 aliphatic carbocycles. The van der Waals surface area contributed by atoms with Gasteiger partial charge in [0.05, 0.1) is 7.11 Å². The maximum absolute atomic E-state index is 10.6. The Bertz CT molecular complexity index is 345. The van der Waals surface area contributed by atoms with E-state index in [0.29, 0.717) is 0 Å². The highest BCUT2D eigenvalue weighted by molar-refractivity contribution is 5.88. The molecule has 0 unspecified atom stereocenters. The van der Waals surface area contributed by atoms with Crippen molar-refractivity contribution in [2.75, 3.05) is 12.4 Å². The highest BCUT2D eigenvalue weighted by Crippen LogP contribution is 2.14. The highest BCUT2D eigenvalue weighted by atomic mass is 16.9. The Hall–Kier alpha value is -2.31. The molecule has 7 heteroatoms. The predicted molar refractivity (Wildman–Crippen MR) is 56.1 cm³/mol. The number of methoxy groups -OCH3 is 1. The first-order valence-corrected chi connectivity index (χ1v) is 4.20. The molecule has 0 radical (unpaired) electrons. The zero-order valence-corrected chi connectivity index (χ0v) is 8.84. The molecule has 0 aromatic heterocycles. The van der Waals surface area contributed by atoms with Crippen LogP contribution in [0.2, 0.25) is 0 Å². The van der Waals surface area contributed by atoms with E-state index >= 15 is 0 Å². The van der Waals surface area contributed by atoms with Crippen molar-refractivity contribution in [2.45, 2.75) is 6.92 Å². The molecule has 0 aliphatic rings. The number of carbonyl (C=O) groups excluding carboxylic acids is 1. The summed E-state index contributed by atoms with van der Waals surface area (Å²) in [5.41, 5.74) is 0.781. The summed E-state index contributed by atoms with van der Waals surface area (Å²) in [6.45, 7) is 1.48. The summed E-state index contributed by atoms with van der Waals surface area (Å²) >= 11 is 0. The summed E-state index contributed by atoms with van der Waals surface area (Å²) in [6.07, 6.45) is 0. The van der Waals surface area contributed by atoms with Crippen molar-refractivity contribution in [3.8, 4) is 5.75 Å². The molecule has 16 heavy (non-hydrogen) atoms. The van der Waals surface area contributed by atoms with E-state index in [-0.39, 0.29) is 5.91 Å². The lowest BCUT2D eigenvalue weighted by Crippen LogP contribution is -2.05. The minimum atomic E-state index is -1.50. The number of benzene rings is 1. The van der Waals surface area contributed by atoms with Gasteiger partial charge in [-0.25, -0.2) is 0 Å². The van der Waals surface area contributed by atoms with Crippen LogP contribution in [0.4, 0.5) is 5.69 Å². The summed E-state index contributed by atoms with van der Waals surface area (Å²) in [6, 6.07) is 7.18. The zero-order valence-electron chi connectivity index (χ0n) is 8.84. The van der Waals surface area contributed by atoms with Gasteiger partial charge in [-0.2, -0.15) is 0 Å². The Labute approximate surface area is 91.8 Å². The van der Waals surface area contributed by atoms with Gasteiger partial charge in [-0.1, -0.05) is 0 Å². The molecule has 1 rings (SSSR count). The van der Waals surface area contributed by atoms with Crippen LogP contribution in [0.3, 0.4) is 0 Å². The molecule has 0 fully saturated rings. The van der Waals surface area contributed by atoms with Gasteiger partial charge in [0.1, 0.15) is 5.75 Å². The van der Waals surface area contributed by atoms with Crippen LogP contribution in [0.25, 0.3) is 0 Å². The lowest BCUT2D eigenvalue weighted by Gasteiger charge is -2.02. The predicted octanol–water partition coefficient (Wildman–Crippen LogP) is 1.31. The minimum Gasteiger partial charge on any atom is -0.497 e. The number of nitrogens with zero attached hydrogens (tertiary/aromatic N) is 1. The quantitative estimate of drug-likeness (QED) is 0.586. The molecule has 0 bridgehead atoms. The fraction of sp³-hybridized carbons (Fsp3) is 0.222. The standard InChI is InChI=1S/C9H11NO2.HNO3/c1-7(11)10-8-3-5-9(12-2)6-4-8;2-1(3)4/h3-6H,1-2H3,(H,10,11);(H,2,3,4). The van der Waals surface area contributed by atoms with E-state index in [2.05, 4.69) is 5.32 Å². The second kappa shape index (κ2) is 7.04. The molecule has 0 spiro atoms. The van der Waals surface area contributed by atoms with Crippen molar-refractivity contribution in [3.05, 3.63) is 34.4 Å². The molecule has 1 aromatic rings. The lowest BCUT2D eigenvalue weighted by molar-refractivity contribution is -0.742. The Morgan fingerprint density at radius 2 is 1.88 bits per heavy atom. The molecule has 1 aromatic carbocycles. The third-order valence-corrected chi connectivity index (χ3v) is 1.41. The van der Waals surface area contributed by atoms with Crippen molar-refractivity contribution in [2.24, 2.45) is 0 Å². The van der Waals surface area contributed by atoms with Crippen molar-refractivity contribution in [1.29, 1.82) is 0 Å². The van der Waals surface area contributed by atoms with Crippen LogP contribution in [-0.2, 0) is 4.79 Å². The molecule has 88 valence electrons. The monoisotopic (exact) mass is 228 g/mol. The van der Waals surface area contributed by atoms with E-state index < -0.39 is 5.09 Å². The van der Waals surface area contributed by atoms with Crippen LogP contribution >= 0.6 is 0 Å². The minimum absolute atomic E-state index is 0.0693. The van der Waals surface area contributed by atoms with Gasteiger partial charge in [0.25, 0.3) is 5.09 Å². The van der Waals surface area contributed by atoms with Gasteiger partial charge >= 0.3 is 0 Å². The zero-order chi connectivity index (χ0) is 12.6. The summed E-state index contributed by atoms with van der Waals surface area (Å²) in [4.78, 5) is 19.0. The third-order valence-electron chi connectivity index (χ3n) is 1.41. The maximum Gasteiger partial charge on any atom is 0.291 e. The molecule has 0 saturated heterocycles. The number of hydrogen-bond donors (Lipinski definition) is 2. The van der Waals surface area contributed by atoms with E-state index in [9.17, 15) is 4.79 Å². The summed E-state index contributed by atoms with van der Waals surface area (Å²) in [7, 11) is 1.60. The molecule has 0 atom stereocenters. The van der Waals surface area contributed by atoms with Crippen LogP contribution in [0.15, 0.2) is 24.3 Å². The van der Waals surface area contributed by atoms with Gasteiger partial charge in [-0.3, -0.25) is 4.79 Å². The third kappa shape index (κ3) is 7.13. The summed E-state index contributed by atoms with van der Waals surface area (Å²) in [5, 5.41) is 16.3. The smallest absolute Gasteiger partial charge is 0.291 e. The van der Waals surface area contributed by atoms with Crippen molar-refractivity contribution >= 4 is 11.6 Å². The van der Waals surface area contributed by atoms with Crippen LogP contribution < -0.4 is 10.1 Å². The highest BCUT2D eigenvalue weighted by Gasteiger charge is 1.94. The Balaban J connectivity index is 0.000000487. The summed E-state index contributed by atoms with van der Waals surface area (Å²) in [5.74, 6) is 0.712. The van der Waals surface area contributed by atoms with Gasteiger partial charge in [0.2, 0.25) is 5.91 Å². The van der Waals surface area contributed by atoms with Gasteiger partial charge in [-0.05, 0) is 24.3 Å². The van der Waals surface area contributed by atoms with Gasteiger partial charge in [0, 0.05) is 12.6 Å². The fourth-order valence-corrected chi connectivity index (χ4v) is 0.878. The van der Waals surface area contributed by atoms with Crippen LogP contribution in [0.1, 0.15) is 6.92 Å². The molecule has 0 saturated carbocycles. The largest absolute Gasteiger partial charge is 0.497 e. The molecule has 0 heterocycles. The number of ether oxygens (including phenoxy) is 1. The van der Waals surface area contributed by atoms with E-state index in [1.807, 2.05) is 0 Å². The SMILES string of the molecule is COc1ccc(NC(C)=O)cc1.O=[N+]([O-])O. The topological polar surface area (TPSA) is 102 Å². The molecule has 0 aliphatic heterocycles. The normalized spacial score (nSPS) is 8.38. The molecule has 7 nitrogen and oxygen atoms in total. The van der Waals surface area contributed by atoms with Crippen LogP contribution in [-0.4, -0.2) is 23.3 Å². The second-order valence-electron chi connectivity index (χ2n) is 2.65. The molecule has 2 N–H and O–H groups in total. The average molecular weight is 228 g/mol. The number of rotatable bonds is 2. The fourth-order valence-electron chi connectivity index (χ4n) is 0.878. The Morgan fingerprint density at radius 1 is 1.44 bits per heavy atom. The number of hydrogen-bond acceptors (Lipinski definition) is 4. The van der Waals surface area contributed by atoms with E-state index in [1.54, 1.807) is 31.4 Å². The van der Waals surface area contributed by atoms with E-state index in [1.165, 1.54) is 6.92 Å². The molecular formula is C9H12N2O5. The molecular weight excluding hydrogens is 216 g/mol. The first kappa shape index (κ1) is 13.7. The lowest BCUT2D eigenvalue weighted by atomic mass is 10.3. The average Bonchev–Trinajstić information content (AvgIpc) is 2.17. The van der Waals surface area contributed by atoms with E-state index in [0.717, 1.165) is 11.4 Å². The number of nitrogens with one attached hydrogen (secondary N) is 1. The number of anilines is 1. The maximum atomic E-state index is 10.6. The second-order valence-corrected chi connectivity index (χ2v) is 2.65. The van der Waals surface area contributed by atoms with Crippen molar-refractivity contribution in [3.63, 3.8) is 0 Å². The molecule has 1 amide bonds. The first-order chi connectivity index (χ1) is 7.45. The number of carbonyl (C=O) groups is 1. The number of amides is 1. The van der Waals surface area contributed by atoms with Crippen molar-refractivity contribution < 1.29 is 19.8 Å². The van der Waals surface area contributed by atoms with Gasteiger partial charge in [0.15, 0.2) is 0 Å². The Kier molecular flexibility index (Phi) is 6.03. The van der Waals surface area contributed by atoms with Gasteiger partial charge in [-0.15, -0.1) is 10.1 Å². The van der Waals surface area contributed by atoms with Crippen molar-refractivity contribution in [1.82, 2.24) is 0 Å². The summed E-state index contributed by atoms with van der Waals surface area (Å²) < 4.78 is 4.96. The van der Waals surface area contributed by atoms with Gasteiger partial charge < -0.3 is 15.3 Å². The van der Waals surface area contributed by atoms with E-state index in [4.69, 9.17) is 20.1 Å². The first-order valence-electron chi connectivity index (χ1n) is 4.20. The van der Waals surface area contributed by atoms with Crippen LogP contribution in [0, 0.1) is 10.1 Å². The van der Waals surface area contributed by atoms with Crippen LogP contribution in [0.5, 0.6) is 5.75 Å².